The standard InChI is InChI=1S/C10H19N/c1-6-9(8-11-5)10(3,4)7-2/h6,8H,7H2,1-5H3/b9-6+,11-8?. The fourth-order valence-corrected chi connectivity index (χ4v) is 0.983. The first-order chi connectivity index (χ1) is 5.08. The van der Waals surface area contributed by atoms with E-state index in [2.05, 4.69) is 38.8 Å². The van der Waals surface area contributed by atoms with Gasteiger partial charge in [0.1, 0.15) is 0 Å². The molecular formula is C10H19N. The molecule has 0 saturated heterocycles. The summed E-state index contributed by atoms with van der Waals surface area (Å²) in [5, 5.41) is 0. The average Bonchev–Trinajstić information content (AvgIpc) is 2.00. The fraction of sp³-hybridized carbons (Fsp3) is 0.700. The maximum Gasteiger partial charge on any atom is 0.0277 e. The van der Waals surface area contributed by atoms with E-state index in [-0.39, 0.29) is 5.41 Å². The van der Waals surface area contributed by atoms with Crippen LogP contribution in [0.3, 0.4) is 0 Å². The minimum absolute atomic E-state index is 0.272. The number of rotatable bonds is 3. The molecule has 0 aromatic rings. The lowest BCUT2D eigenvalue weighted by molar-refractivity contribution is 0.447. The van der Waals surface area contributed by atoms with Gasteiger partial charge in [-0.3, -0.25) is 4.99 Å². The molecule has 1 nitrogen and oxygen atoms in total. The first-order valence-electron chi connectivity index (χ1n) is 4.17. The molecule has 11 heavy (non-hydrogen) atoms. The molecule has 0 spiro atoms. The first-order valence-corrected chi connectivity index (χ1v) is 4.17. The highest BCUT2D eigenvalue weighted by molar-refractivity contribution is 5.79. The van der Waals surface area contributed by atoms with Gasteiger partial charge < -0.3 is 0 Å². The summed E-state index contributed by atoms with van der Waals surface area (Å²) in [5.41, 5.74) is 1.59. The molecule has 1 heteroatoms. The van der Waals surface area contributed by atoms with E-state index in [4.69, 9.17) is 0 Å². The normalized spacial score (nSPS) is 14.5. The number of hydrogen-bond acceptors (Lipinski definition) is 1. The van der Waals surface area contributed by atoms with E-state index in [9.17, 15) is 0 Å². The van der Waals surface area contributed by atoms with E-state index >= 15 is 0 Å². The molecule has 0 N–H and O–H groups in total. The van der Waals surface area contributed by atoms with Crippen LogP contribution >= 0.6 is 0 Å². The Morgan fingerprint density at radius 3 is 2.27 bits per heavy atom. The molecule has 0 atom stereocenters. The van der Waals surface area contributed by atoms with Crippen LogP contribution < -0.4 is 0 Å². The SMILES string of the molecule is C/C=C(\C=NC)C(C)(C)CC. The van der Waals surface area contributed by atoms with Gasteiger partial charge in [-0.2, -0.15) is 0 Å². The largest absolute Gasteiger partial charge is 0.296 e. The molecule has 0 rings (SSSR count). The number of hydrogen-bond donors (Lipinski definition) is 0. The summed E-state index contributed by atoms with van der Waals surface area (Å²) in [7, 11) is 1.81. The van der Waals surface area contributed by atoms with E-state index in [1.54, 1.807) is 0 Å². The van der Waals surface area contributed by atoms with Crippen LogP contribution in [0.2, 0.25) is 0 Å². The van der Waals surface area contributed by atoms with Crippen LogP contribution in [0.1, 0.15) is 34.1 Å². The quantitative estimate of drug-likeness (QED) is 0.552. The van der Waals surface area contributed by atoms with Gasteiger partial charge in [-0.05, 0) is 24.3 Å². The van der Waals surface area contributed by atoms with Gasteiger partial charge in [0.2, 0.25) is 0 Å². The maximum atomic E-state index is 4.03. The van der Waals surface area contributed by atoms with Gasteiger partial charge in [-0.1, -0.05) is 26.8 Å². The highest BCUT2D eigenvalue weighted by Crippen LogP contribution is 2.28. The second-order valence-corrected chi connectivity index (χ2v) is 3.37. The summed E-state index contributed by atoms with van der Waals surface area (Å²) in [5.74, 6) is 0. The van der Waals surface area contributed by atoms with Gasteiger partial charge in [-0.15, -0.1) is 0 Å². The lowest BCUT2D eigenvalue weighted by Crippen LogP contribution is -2.14. The molecule has 0 radical (unpaired) electrons. The Balaban J connectivity index is 4.51. The third-order valence-electron chi connectivity index (χ3n) is 2.24. The molecule has 0 bridgehead atoms. The molecule has 0 fully saturated rings. The summed E-state index contributed by atoms with van der Waals surface area (Å²) < 4.78 is 0. The van der Waals surface area contributed by atoms with Crippen LogP contribution in [-0.4, -0.2) is 13.3 Å². The second-order valence-electron chi connectivity index (χ2n) is 3.37. The van der Waals surface area contributed by atoms with Crippen molar-refractivity contribution >= 4 is 6.21 Å². The minimum atomic E-state index is 0.272. The van der Waals surface area contributed by atoms with Crippen molar-refractivity contribution < 1.29 is 0 Å². The van der Waals surface area contributed by atoms with Gasteiger partial charge in [-0.25, -0.2) is 0 Å². The molecular weight excluding hydrogens is 134 g/mol. The Kier molecular flexibility index (Phi) is 4.09. The van der Waals surface area contributed by atoms with Crippen LogP contribution in [0.5, 0.6) is 0 Å². The molecule has 0 aliphatic carbocycles. The molecule has 0 aliphatic heterocycles. The maximum absolute atomic E-state index is 4.03. The van der Waals surface area contributed by atoms with Crippen LogP contribution in [-0.2, 0) is 0 Å². The van der Waals surface area contributed by atoms with Crippen molar-refractivity contribution in [1.82, 2.24) is 0 Å². The zero-order valence-corrected chi connectivity index (χ0v) is 8.31. The Labute approximate surface area is 70.2 Å². The number of aliphatic imine (C=N–C) groups is 1. The molecule has 0 saturated carbocycles. The predicted octanol–water partition coefficient (Wildman–Crippen LogP) is 3.07. The summed E-state index contributed by atoms with van der Waals surface area (Å²) in [6, 6.07) is 0. The number of allylic oxidation sites excluding steroid dienone is 2. The monoisotopic (exact) mass is 153 g/mol. The highest BCUT2D eigenvalue weighted by atomic mass is 14.6. The lowest BCUT2D eigenvalue weighted by atomic mass is 9.82. The van der Waals surface area contributed by atoms with Crippen molar-refractivity contribution in [2.24, 2.45) is 10.4 Å². The van der Waals surface area contributed by atoms with E-state index < -0.39 is 0 Å². The Bertz CT molecular complexity index is 164. The fourth-order valence-electron chi connectivity index (χ4n) is 0.983. The van der Waals surface area contributed by atoms with Crippen LogP contribution in [0.15, 0.2) is 16.6 Å². The van der Waals surface area contributed by atoms with E-state index in [0.717, 1.165) is 6.42 Å². The Morgan fingerprint density at radius 2 is 2.00 bits per heavy atom. The lowest BCUT2D eigenvalue weighted by Gasteiger charge is -2.23. The summed E-state index contributed by atoms with van der Waals surface area (Å²) in [6.45, 7) is 8.75. The van der Waals surface area contributed by atoms with Crippen molar-refractivity contribution in [2.75, 3.05) is 7.05 Å². The van der Waals surface area contributed by atoms with E-state index in [1.165, 1.54) is 5.57 Å². The predicted molar refractivity (Wildman–Crippen MR) is 52.2 cm³/mol. The summed E-state index contributed by atoms with van der Waals surface area (Å²) in [4.78, 5) is 4.03. The van der Waals surface area contributed by atoms with Crippen molar-refractivity contribution in [1.29, 1.82) is 0 Å². The highest BCUT2D eigenvalue weighted by Gasteiger charge is 2.18. The molecule has 0 unspecified atom stereocenters. The van der Waals surface area contributed by atoms with Gasteiger partial charge >= 0.3 is 0 Å². The van der Waals surface area contributed by atoms with Crippen LogP contribution in [0, 0.1) is 5.41 Å². The third-order valence-corrected chi connectivity index (χ3v) is 2.24. The topological polar surface area (TPSA) is 12.4 Å². The molecule has 0 aliphatic rings. The van der Waals surface area contributed by atoms with Crippen LogP contribution in [0.4, 0.5) is 0 Å². The Hall–Kier alpha value is -0.590. The molecule has 0 heterocycles. The average molecular weight is 153 g/mol. The van der Waals surface area contributed by atoms with Gasteiger partial charge in [0, 0.05) is 13.3 Å². The third kappa shape index (κ3) is 2.87. The molecule has 0 aromatic carbocycles. The van der Waals surface area contributed by atoms with Crippen molar-refractivity contribution in [3.63, 3.8) is 0 Å². The molecule has 0 amide bonds. The zero-order chi connectivity index (χ0) is 8.91. The van der Waals surface area contributed by atoms with Crippen LogP contribution in [0.25, 0.3) is 0 Å². The Morgan fingerprint density at radius 1 is 1.45 bits per heavy atom. The van der Waals surface area contributed by atoms with Gasteiger partial charge in [0.05, 0.1) is 0 Å². The minimum Gasteiger partial charge on any atom is -0.296 e. The molecule has 64 valence electrons. The van der Waals surface area contributed by atoms with Gasteiger partial charge in [0.15, 0.2) is 0 Å². The number of nitrogens with zero attached hydrogens (tertiary/aromatic N) is 1. The van der Waals surface area contributed by atoms with Crippen molar-refractivity contribution in [3.05, 3.63) is 11.6 Å². The van der Waals surface area contributed by atoms with Crippen molar-refractivity contribution in [3.8, 4) is 0 Å². The summed E-state index contributed by atoms with van der Waals surface area (Å²) in [6.07, 6.45) is 5.23. The second kappa shape index (κ2) is 4.32. The van der Waals surface area contributed by atoms with Crippen molar-refractivity contribution in [2.45, 2.75) is 34.1 Å². The summed E-state index contributed by atoms with van der Waals surface area (Å²) >= 11 is 0. The van der Waals surface area contributed by atoms with Gasteiger partial charge in [0.25, 0.3) is 0 Å². The first kappa shape index (κ1) is 10.4. The molecule has 0 aromatic heterocycles. The van der Waals surface area contributed by atoms with E-state index in [0.29, 0.717) is 0 Å². The van der Waals surface area contributed by atoms with E-state index in [1.807, 2.05) is 13.3 Å². The zero-order valence-electron chi connectivity index (χ0n) is 8.31. The smallest absolute Gasteiger partial charge is 0.0277 e.